The van der Waals surface area contributed by atoms with Crippen LogP contribution in [0.15, 0.2) is 18.2 Å². The predicted molar refractivity (Wildman–Crippen MR) is 109 cm³/mol. The number of urea groups is 1. The number of piperazine rings is 1. The number of carbonyl (C=O) groups is 1. The number of hydrogen-bond donors (Lipinski definition) is 1. The number of amides is 2. The van der Waals surface area contributed by atoms with Crippen molar-refractivity contribution in [2.75, 3.05) is 31.1 Å². The van der Waals surface area contributed by atoms with E-state index in [2.05, 4.69) is 23.2 Å². The van der Waals surface area contributed by atoms with Crippen molar-refractivity contribution in [3.05, 3.63) is 28.8 Å². The van der Waals surface area contributed by atoms with Crippen LogP contribution in [0, 0.1) is 30.6 Å². The van der Waals surface area contributed by atoms with Crippen LogP contribution in [-0.4, -0.2) is 43.2 Å². The van der Waals surface area contributed by atoms with Gasteiger partial charge in [-0.1, -0.05) is 17.7 Å². The molecule has 4 bridgehead atoms. The van der Waals surface area contributed by atoms with E-state index >= 15 is 0 Å². The van der Waals surface area contributed by atoms with Gasteiger partial charge in [0.05, 0.1) is 0 Å². The lowest BCUT2D eigenvalue weighted by Gasteiger charge is -2.54. The number of benzene rings is 1. The van der Waals surface area contributed by atoms with E-state index in [1.165, 1.54) is 43.4 Å². The van der Waals surface area contributed by atoms with Crippen LogP contribution in [0.2, 0.25) is 5.02 Å². The van der Waals surface area contributed by atoms with Gasteiger partial charge < -0.3 is 15.1 Å². The van der Waals surface area contributed by atoms with E-state index in [1.807, 2.05) is 17.0 Å². The summed E-state index contributed by atoms with van der Waals surface area (Å²) in [6, 6.07) is 6.65. The second-order valence-corrected chi connectivity index (χ2v) is 9.75. The molecule has 0 radical (unpaired) electrons. The molecule has 4 aliphatic carbocycles. The van der Waals surface area contributed by atoms with Crippen molar-refractivity contribution < 1.29 is 4.79 Å². The number of halogens is 1. The van der Waals surface area contributed by atoms with Crippen LogP contribution in [0.4, 0.5) is 10.5 Å². The lowest BCUT2D eigenvalue weighted by molar-refractivity contribution is -0.0110. The van der Waals surface area contributed by atoms with Gasteiger partial charge in [-0.15, -0.1) is 0 Å². The zero-order chi connectivity index (χ0) is 18.5. The third kappa shape index (κ3) is 3.30. The highest BCUT2D eigenvalue weighted by molar-refractivity contribution is 6.30. The number of anilines is 1. The van der Waals surface area contributed by atoms with E-state index in [4.69, 9.17) is 11.6 Å². The summed E-state index contributed by atoms with van der Waals surface area (Å²) in [5, 5.41) is 4.23. The van der Waals surface area contributed by atoms with Crippen LogP contribution in [0.1, 0.15) is 37.7 Å². The van der Waals surface area contributed by atoms with Gasteiger partial charge in [-0.05, 0) is 80.4 Å². The Morgan fingerprint density at radius 2 is 1.63 bits per heavy atom. The summed E-state index contributed by atoms with van der Waals surface area (Å²) in [6.45, 7) is 5.43. The number of carbonyl (C=O) groups excluding carboxylic acids is 1. The van der Waals surface area contributed by atoms with E-state index < -0.39 is 0 Å². The molecule has 0 aromatic heterocycles. The maximum absolute atomic E-state index is 12.9. The van der Waals surface area contributed by atoms with Crippen molar-refractivity contribution in [2.45, 2.75) is 45.1 Å². The molecule has 0 unspecified atom stereocenters. The molecule has 1 heterocycles. The minimum Gasteiger partial charge on any atom is -0.368 e. The quantitative estimate of drug-likeness (QED) is 0.820. The molecule has 1 saturated heterocycles. The summed E-state index contributed by atoms with van der Waals surface area (Å²) in [5.41, 5.74) is 2.44. The van der Waals surface area contributed by atoms with Gasteiger partial charge in [-0.3, -0.25) is 0 Å². The fourth-order valence-electron chi connectivity index (χ4n) is 6.47. The zero-order valence-electron chi connectivity index (χ0n) is 16.2. The first-order chi connectivity index (χ1) is 13.1. The first-order valence-electron chi connectivity index (χ1n) is 10.6. The zero-order valence-corrected chi connectivity index (χ0v) is 16.9. The average molecular weight is 388 g/mol. The van der Waals surface area contributed by atoms with Crippen LogP contribution in [-0.2, 0) is 0 Å². The maximum atomic E-state index is 12.9. The second-order valence-electron chi connectivity index (χ2n) is 9.31. The molecule has 4 saturated carbocycles. The highest BCUT2D eigenvalue weighted by atomic mass is 35.5. The summed E-state index contributed by atoms with van der Waals surface area (Å²) in [4.78, 5) is 17.3. The summed E-state index contributed by atoms with van der Waals surface area (Å²) in [6.07, 6.45) is 6.84. The molecule has 1 aromatic rings. The molecular formula is C22H30ClN3O. The van der Waals surface area contributed by atoms with Crippen molar-refractivity contribution >= 4 is 23.3 Å². The molecule has 4 nitrogen and oxygen atoms in total. The first kappa shape index (κ1) is 17.7. The molecule has 0 atom stereocenters. The van der Waals surface area contributed by atoms with E-state index in [1.54, 1.807) is 0 Å². The highest BCUT2D eigenvalue weighted by Gasteiger charge is 2.48. The Morgan fingerprint density at radius 1 is 1.00 bits per heavy atom. The number of aryl methyl sites for hydroxylation is 1. The van der Waals surface area contributed by atoms with Crippen molar-refractivity contribution in [3.8, 4) is 0 Å². The lowest BCUT2D eigenvalue weighted by atomic mass is 9.54. The van der Waals surface area contributed by atoms with Crippen LogP contribution in [0.25, 0.3) is 0 Å². The van der Waals surface area contributed by atoms with E-state index in [0.29, 0.717) is 6.04 Å². The monoisotopic (exact) mass is 387 g/mol. The van der Waals surface area contributed by atoms with Crippen LogP contribution < -0.4 is 10.2 Å². The third-order valence-corrected chi connectivity index (χ3v) is 7.83. The van der Waals surface area contributed by atoms with Crippen LogP contribution >= 0.6 is 11.6 Å². The largest absolute Gasteiger partial charge is 0.368 e. The van der Waals surface area contributed by atoms with Crippen molar-refractivity contribution in [1.29, 1.82) is 0 Å². The van der Waals surface area contributed by atoms with Crippen molar-refractivity contribution in [2.24, 2.45) is 23.7 Å². The molecule has 1 aromatic carbocycles. The number of rotatable bonds is 2. The highest BCUT2D eigenvalue weighted by Crippen LogP contribution is 2.53. The number of hydrogen-bond acceptors (Lipinski definition) is 2. The topological polar surface area (TPSA) is 35.6 Å². The smallest absolute Gasteiger partial charge is 0.317 e. The Labute approximate surface area is 167 Å². The van der Waals surface area contributed by atoms with Crippen LogP contribution in [0.5, 0.6) is 0 Å². The Balaban J connectivity index is 1.19. The van der Waals surface area contributed by atoms with Gasteiger partial charge in [0.25, 0.3) is 0 Å². The maximum Gasteiger partial charge on any atom is 0.317 e. The SMILES string of the molecule is Cc1ccc(Cl)cc1N1CCN(C(=O)NC2C3CC4CC(C3)CC2C4)CC1. The summed E-state index contributed by atoms with van der Waals surface area (Å²) in [7, 11) is 0. The number of nitrogens with zero attached hydrogens (tertiary/aromatic N) is 2. The molecule has 27 heavy (non-hydrogen) atoms. The first-order valence-corrected chi connectivity index (χ1v) is 11.0. The van der Waals surface area contributed by atoms with Gasteiger partial charge in [0.15, 0.2) is 0 Å². The fraction of sp³-hybridized carbons (Fsp3) is 0.682. The lowest BCUT2D eigenvalue weighted by Crippen LogP contribution is -2.60. The van der Waals surface area contributed by atoms with Gasteiger partial charge in [0.1, 0.15) is 0 Å². The van der Waals surface area contributed by atoms with Gasteiger partial charge in [-0.25, -0.2) is 4.79 Å². The van der Waals surface area contributed by atoms with E-state index in [0.717, 1.165) is 54.9 Å². The molecule has 146 valence electrons. The standard InChI is InChI=1S/C22H30ClN3O/c1-14-2-3-19(23)13-20(14)25-4-6-26(7-5-25)22(27)24-21-17-9-15-8-16(11-17)12-18(21)10-15/h2-3,13,15-18,21H,4-12H2,1H3,(H,24,27). The van der Waals surface area contributed by atoms with E-state index in [9.17, 15) is 4.79 Å². The molecule has 2 amide bonds. The van der Waals surface area contributed by atoms with Gasteiger partial charge in [0.2, 0.25) is 0 Å². The van der Waals surface area contributed by atoms with E-state index in [-0.39, 0.29) is 6.03 Å². The van der Waals surface area contributed by atoms with Gasteiger partial charge in [0, 0.05) is 42.9 Å². The molecule has 0 spiro atoms. The predicted octanol–water partition coefficient (Wildman–Crippen LogP) is 4.30. The Hall–Kier alpha value is -1.42. The minimum atomic E-state index is 0.162. The summed E-state index contributed by atoms with van der Waals surface area (Å²) in [5.74, 6) is 3.37. The normalized spacial score (nSPS) is 34.8. The molecule has 6 rings (SSSR count). The molecule has 1 aliphatic heterocycles. The van der Waals surface area contributed by atoms with Crippen molar-refractivity contribution in [3.63, 3.8) is 0 Å². The molecular weight excluding hydrogens is 358 g/mol. The Morgan fingerprint density at radius 3 is 2.26 bits per heavy atom. The minimum absolute atomic E-state index is 0.162. The third-order valence-electron chi connectivity index (χ3n) is 7.60. The Kier molecular flexibility index (Phi) is 4.50. The fourth-order valence-corrected chi connectivity index (χ4v) is 6.63. The van der Waals surface area contributed by atoms with Crippen molar-refractivity contribution in [1.82, 2.24) is 10.2 Å². The van der Waals surface area contributed by atoms with Gasteiger partial charge >= 0.3 is 6.03 Å². The average Bonchev–Trinajstić information content (AvgIpc) is 2.66. The second kappa shape index (κ2) is 6.88. The molecule has 1 N–H and O–H groups in total. The Bertz CT molecular complexity index is 700. The molecule has 5 heteroatoms. The summed E-state index contributed by atoms with van der Waals surface area (Å²) < 4.78 is 0. The number of nitrogens with one attached hydrogen (secondary N) is 1. The molecule has 5 fully saturated rings. The summed E-state index contributed by atoms with van der Waals surface area (Å²) >= 11 is 6.18. The van der Waals surface area contributed by atoms with Crippen LogP contribution in [0.3, 0.4) is 0 Å². The molecule has 5 aliphatic rings. The van der Waals surface area contributed by atoms with Gasteiger partial charge in [-0.2, -0.15) is 0 Å².